The van der Waals surface area contributed by atoms with Gasteiger partial charge >= 0.3 is 0 Å². The zero-order valence-corrected chi connectivity index (χ0v) is 19.1. The number of rotatable bonds is 9. The number of thioether (sulfide) groups is 1. The summed E-state index contributed by atoms with van der Waals surface area (Å²) in [6.07, 6.45) is 5.55. The maximum Gasteiger partial charge on any atom is 0.233 e. The molecule has 7 nitrogen and oxygen atoms in total. The Morgan fingerprint density at radius 3 is 2.67 bits per heavy atom. The molecule has 3 rings (SSSR count). The average molecular weight is 433 g/mol. The number of carbonyl (C=O) groups is 1. The van der Waals surface area contributed by atoms with Crippen molar-refractivity contribution < 1.29 is 14.3 Å². The molecule has 1 aromatic carbocycles. The predicted octanol–water partition coefficient (Wildman–Crippen LogP) is 4.38. The summed E-state index contributed by atoms with van der Waals surface area (Å²) >= 11 is 1.44. The second-order valence-electron chi connectivity index (χ2n) is 7.63. The molecule has 1 aliphatic rings. The largest absolute Gasteiger partial charge is 0.497 e. The molecule has 0 radical (unpaired) electrons. The Kier molecular flexibility index (Phi) is 8.01. The van der Waals surface area contributed by atoms with Gasteiger partial charge in [-0.05, 0) is 45.7 Å². The lowest BCUT2D eigenvalue weighted by molar-refractivity contribution is -0.121. The van der Waals surface area contributed by atoms with Crippen LogP contribution in [-0.4, -0.2) is 39.1 Å². The van der Waals surface area contributed by atoms with Crippen molar-refractivity contribution in [2.24, 2.45) is 0 Å². The molecule has 2 atom stereocenters. The summed E-state index contributed by atoms with van der Waals surface area (Å²) in [5, 5.41) is 12.4. The fraction of sp³-hybridized carbons (Fsp3) is 0.591. The van der Waals surface area contributed by atoms with E-state index in [2.05, 4.69) is 15.5 Å². The van der Waals surface area contributed by atoms with Crippen LogP contribution in [0, 0.1) is 0 Å². The van der Waals surface area contributed by atoms with Crippen LogP contribution in [0.1, 0.15) is 64.8 Å². The van der Waals surface area contributed by atoms with Gasteiger partial charge in [0.1, 0.15) is 11.5 Å². The minimum Gasteiger partial charge on any atom is -0.497 e. The maximum atomic E-state index is 12.6. The Morgan fingerprint density at radius 1 is 1.23 bits per heavy atom. The van der Waals surface area contributed by atoms with E-state index in [1.807, 2.05) is 49.6 Å². The highest BCUT2D eigenvalue weighted by Crippen LogP contribution is 2.28. The SMILES string of the molecule is CCn1c(SC(C)C(=O)NC2CCCCC2)nnc1C(C)Oc1cccc(OC)c1. The maximum absolute atomic E-state index is 12.6. The number of nitrogens with zero attached hydrogens (tertiary/aromatic N) is 3. The number of carbonyl (C=O) groups excluding carboxylic acids is 1. The van der Waals surface area contributed by atoms with Crippen molar-refractivity contribution in [1.82, 2.24) is 20.1 Å². The highest BCUT2D eigenvalue weighted by molar-refractivity contribution is 8.00. The van der Waals surface area contributed by atoms with Crippen LogP contribution < -0.4 is 14.8 Å². The number of hydrogen-bond acceptors (Lipinski definition) is 6. The molecular formula is C22H32N4O3S. The third-order valence-corrected chi connectivity index (χ3v) is 6.46. The van der Waals surface area contributed by atoms with Crippen LogP contribution in [0.4, 0.5) is 0 Å². The van der Waals surface area contributed by atoms with Gasteiger partial charge in [0.2, 0.25) is 5.91 Å². The molecule has 1 saturated carbocycles. The first-order valence-corrected chi connectivity index (χ1v) is 11.6. The van der Waals surface area contributed by atoms with E-state index in [0.29, 0.717) is 18.3 Å². The Bertz CT molecular complexity index is 836. The van der Waals surface area contributed by atoms with Crippen LogP contribution in [0.3, 0.4) is 0 Å². The van der Waals surface area contributed by atoms with Gasteiger partial charge in [0, 0.05) is 18.7 Å². The van der Waals surface area contributed by atoms with Crippen molar-refractivity contribution in [3.63, 3.8) is 0 Å². The van der Waals surface area contributed by atoms with Crippen LogP contribution in [0.5, 0.6) is 11.5 Å². The molecule has 0 saturated heterocycles. The van der Waals surface area contributed by atoms with Crippen LogP contribution in [-0.2, 0) is 11.3 Å². The number of methoxy groups -OCH3 is 1. The van der Waals surface area contributed by atoms with Gasteiger partial charge in [-0.2, -0.15) is 0 Å². The number of aromatic nitrogens is 3. The van der Waals surface area contributed by atoms with Gasteiger partial charge in [-0.15, -0.1) is 10.2 Å². The summed E-state index contributed by atoms with van der Waals surface area (Å²) in [6.45, 7) is 6.62. The van der Waals surface area contributed by atoms with Crippen molar-refractivity contribution >= 4 is 17.7 Å². The topological polar surface area (TPSA) is 78.3 Å². The number of nitrogens with one attached hydrogen (secondary N) is 1. The zero-order valence-electron chi connectivity index (χ0n) is 18.3. The molecule has 1 aliphatic carbocycles. The molecule has 8 heteroatoms. The normalized spacial score (nSPS) is 16.7. The van der Waals surface area contributed by atoms with Gasteiger partial charge in [-0.1, -0.05) is 37.1 Å². The smallest absolute Gasteiger partial charge is 0.233 e. The Hall–Kier alpha value is -2.22. The van der Waals surface area contributed by atoms with Gasteiger partial charge in [0.25, 0.3) is 0 Å². The minimum absolute atomic E-state index is 0.0692. The van der Waals surface area contributed by atoms with Crippen LogP contribution in [0.2, 0.25) is 0 Å². The van der Waals surface area contributed by atoms with E-state index in [9.17, 15) is 4.79 Å². The molecule has 2 aromatic rings. The molecule has 1 heterocycles. The van der Waals surface area contributed by atoms with Crippen molar-refractivity contribution in [3.8, 4) is 11.5 Å². The van der Waals surface area contributed by atoms with E-state index in [4.69, 9.17) is 9.47 Å². The second kappa shape index (κ2) is 10.7. The highest BCUT2D eigenvalue weighted by atomic mass is 32.2. The zero-order chi connectivity index (χ0) is 21.5. The molecule has 1 fully saturated rings. The molecular weight excluding hydrogens is 400 g/mol. The number of benzene rings is 1. The molecule has 164 valence electrons. The summed E-state index contributed by atoms with van der Waals surface area (Å²) < 4.78 is 13.3. The van der Waals surface area contributed by atoms with Crippen LogP contribution in [0.15, 0.2) is 29.4 Å². The lowest BCUT2D eigenvalue weighted by atomic mass is 9.95. The molecule has 1 aromatic heterocycles. The monoisotopic (exact) mass is 432 g/mol. The molecule has 0 bridgehead atoms. The first kappa shape index (κ1) is 22.5. The molecule has 1 N–H and O–H groups in total. The number of amides is 1. The van der Waals surface area contributed by atoms with E-state index in [1.165, 1.54) is 31.0 Å². The molecule has 2 unspecified atom stereocenters. The summed E-state index contributed by atoms with van der Waals surface area (Å²) in [7, 11) is 1.63. The summed E-state index contributed by atoms with van der Waals surface area (Å²) in [5.41, 5.74) is 0. The third kappa shape index (κ3) is 5.68. The molecule has 0 aliphatic heterocycles. The van der Waals surface area contributed by atoms with Gasteiger partial charge in [0.05, 0.1) is 12.4 Å². The van der Waals surface area contributed by atoms with Crippen LogP contribution >= 0.6 is 11.8 Å². The number of ether oxygens (including phenoxy) is 2. The predicted molar refractivity (Wildman–Crippen MR) is 118 cm³/mol. The standard InChI is InChI=1S/C22H32N4O3S/c1-5-26-20(15(2)29-19-13-9-12-18(14-19)28-4)24-25-22(26)30-16(3)21(27)23-17-10-7-6-8-11-17/h9,12-17H,5-8,10-11H2,1-4H3,(H,23,27). The van der Waals surface area contributed by atoms with E-state index in [1.54, 1.807) is 7.11 Å². The van der Waals surface area contributed by atoms with Gasteiger partial charge < -0.3 is 19.4 Å². The molecule has 30 heavy (non-hydrogen) atoms. The molecule has 0 spiro atoms. The van der Waals surface area contributed by atoms with Gasteiger partial charge in [-0.25, -0.2) is 0 Å². The van der Waals surface area contributed by atoms with Crippen molar-refractivity contribution in [2.75, 3.05) is 7.11 Å². The van der Waals surface area contributed by atoms with E-state index >= 15 is 0 Å². The summed E-state index contributed by atoms with van der Waals surface area (Å²) in [4.78, 5) is 12.6. The minimum atomic E-state index is -0.287. The fourth-order valence-corrected chi connectivity index (χ4v) is 4.62. The van der Waals surface area contributed by atoms with E-state index < -0.39 is 0 Å². The lowest BCUT2D eigenvalue weighted by Gasteiger charge is -2.24. The Balaban J connectivity index is 1.64. The lowest BCUT2D eigenvalue weighted by Crippen LogP contribution is -2.40. The van der Waals surface area contributed by atoms with E-state index in [0.717, 1.165) is 29.6 Å². The van der Waals surface area contributed by atoms with Crippen molar-refractivity contribution in [1.29, 1.82) is 0 Å². The first-order chi connectivity index (χ1) is 14.5. The van der Waals surface area contributed by atoms with Crippen molar-refractivity contribution in [2.45, 2.75) is 82.0 Å². The molecule has 1 amide bonds. The fourth-order valence-electron chi connectivity index (χ4n) is 3.69. The number of hydrogen-bond donors (Lipinski definition) is 1. The quantitative estimate of drug-likeness (QED) is 0.593. The first-order valence-electron chi connectivity index (χ1n) is 10.7. The summed E-state index contributed by atoms with van der Waals surface area (Å²) in [5.74, 6) is 2.26. The van der Waals surface area contributed by atoms with Gasteiger partial charge in [-0.3, -0.25) is 4.79 Å². The highest BCUT2D eigenvalue weighted by Gasteiger charge is 2.24. The Labute approximate surface area is 182 Å². The van der Waals surface area contributed by atoms with E-state index in [-0.39, 0.29) is 17.3 Å². The summed E-state index contributed by atoms with van der Waals surface area (Å²) in [6, 6.07) is 7.81. The second-order valence-corrected chi connectivity index (χ2v) is 8.94. The van der Waals surface area contributed by atoms with Gasteiger partial charge in [0.15, 0.2) is 17.1 Å². The van der Waals surface area contributed by atoms with Crippen molar-refractivity contribution in [3.05, 3.63) is 30.1 Å². The van der Waals surface area contributed by atoms with Crippen LogP contribution in [0.25, 0.3) is 0 Å². The Morgan fingerprint density at radius 2 is 1.97 bits per heavy atom. The third-order valence-electron chi connectivity index (χ3n) is 5.38. The average Bonchev–Trinajstić information content (AvgIpc) is 3.17.